The Bertz CT molecular complexity index is 192. The third kappa shape index (κ3) is 9.70. The van der Waals surface area contributed by atoms with Crippen molar-refractivity contribution >= 4 is 17.9 Å². The molecule has 0 aromatic rings. The number of carbonyl (C=O) groups is 3. The number of nitrogens with zero attached hydrogens (tertiary/aromatic N) is 1. The zero-order chi connectivity index (χ0) is 10.4. The number of rotatable bonds is 6. The van der Waals surface area contributed by atoms with Gasteiger partial charge in [-0.05, 0) is 0 Å². The van der Waals surface area contributed by atoms with E-state index in [1.807, 2.05) is 0 Å². The average Bonchev–Trinajstić information content (AvgIpc) is 1.80. The summed E-state index contributed by atoms with van der Waals surface area (Å²) in [5, 5.41) is 30.0. The van der Waals surface area contributed by atoms with Crippen molar-refractivity contribution in [2.24, 2.45) is 0 Å². The van der Waals surface area contributed by atoms with Gasteiger partial charge in [-0.2, -0.15) is 0 Å². The van der Waals surface area contributed by atoms with E-state index in [0.717, 1.165) is 0 Å². The van der Waals surface area contributed by atoms with Crippen LogP contribution >= 0.6 is 0 Å². The zero-order valence-corrected chi connectivity index (χ0v) is 8.66. The van der Waals surface area contributed by atoms with E-state index in [1.165, 1.54) is 0 Å². The Morgan fingerprint density at radius 2 is 1.00 bits per heavy atom. The van der Waals surface area contributed by atoms with Gasteiger partial charge in [0.1, 0.15) is 0 Å². The maximum atomic E-state index is 9.99. The van der Waals surface area contributed by atoms with Crippen LogP contribution < -0.4 is 15.3 Å². The van der Waals surface area contributed by atoms with Crippen molar-refractivity contribution < 1.29 is 67.0 Å². The number of hydrogen-bond acceptors (Lipinski definition) is 7. The number of carboxylic acids is 3. The smallest absolute Gasteiger partial charge is 0.549 e. The van der Waals surface area contributed by atoms with Crippen molar-refractivity contribution in [3.8, 4) is 0 Å². The molecule has 0 fully saturated rings. The molecule has 14 heavy (non-hydrogen) atoms. The van der Waals surface area contributed by atoms with Gasteiger partial charge in [-0.15, -0.1) is 0 Å². The van der Waals surface area contributed by atoms with E-state index in [9.17, 15) is 29.7 Å². The van der Waals surface area contributed by atoms with Crippen LogP contribution in [0, 0.1) is 37.3 Å². The molecular formula is C6H6ErNO6. The predicted molar refractivity (Wildman–Crippen MR) is 31.5 cm³/mol. The summed E-state index contributed by atoms with van der Waals surface area (Å²) in [4.78, 5) is 30.6. The van der Waals surface area contributed by atoms with Crippen LogP contribution in [0.15, 0.2) is 0 Å². The third-order valence-corrected chi connectivity index (χ3v) is 1.06. The first-order valence-electron chi connectivity index (χ1n) is 3.23. The standard InChI is InChI=1S/C6H9NO6.Er/c8-4(9)1-7(2-5(10)11)3-6(12)13;/h1-3H2,(H,8,9)(H,10,11)(H,12,13);/q;+3/p-3. The summed E-state index contributed by atoms with van der Waals surface area (Å²) in [5.41, 5.74) is 0. The quantitative estimate of drug-likeness (QED) is 0.466. The molecule has 0 aliphatic heterocycles. The molecule has 7 nitrogen and oxygen atoms in total. The molecule has 0 N–H and O–H groups in total. The maximum absolute atomic E-state index is 9.99. The summed E-state index contributed by atoms with van der Waals surface area (Å²) in [6.07, 6.45) is 0. The number of carbonyl (C=O) groups excluding carboxylic acids is 3. The minimum atomic E-state index is -1.57. The fraction of sp³-hybridized carbons (Fsp3) is 0.500. The van der Waals surface area contributed by atoms with E-state index in [2.05, 4.69) is 0 Å². The van der Waals surface area contributed by atoms with Gasteiger partial charge in [0.2, 0.25) is 0 Å². The molecule has 0 aromatic heterocycles. The number of hydrogen-bond donors (Lipinski definition) is 0. The normalized spacial score (nSPS) is 9.21. The topological polar surface area (TPSA) is 124 Å². The maximum Gasteiger partial charge on any atom is 3.00 e. The van der Waals surface area contributed by atoms with Crippen LogP contribution in [0.1, 0.15) is 0 Å². The summed E-state index contributed by atoms with van der Waals surface area (Å²) < 4.78 is 0. The SMILES string of the molecule is O=C([O-])CN(CC(=O)[O-])CC(=O)[O-].[Er+3]. The van der Waals surface area contributed by atoms with Crippen molar-refractivity contribution in [1.82, 2.24) is 4.90 Å². The zero-order valence-electron chi connectivity index (χ0n) is 6.81. The second kappa shape index (κ2) is 7.97. The monoisotopic (exact) mass is 354 g/mol. The van der Waals surface area contributed by atoms with Gasteiger partial charge in [0.25, 0.3) is 0 Å². The van der Waals surface area contributed by atoms with Crippen LogP contribution in [-0.4, -0.2) is 42.4 Å². The largest absolute Gasteiger partial charge is 3.00 e. The average molecular weight is 355 g/mol. The van der Waals surface area contributed by atoms with E-state index < -0.39 is 37.5 Å². The van der Waals surface area contributed by atoms with Gasteiger partial charge in [0.15, 0.2) is 0 Å². The van der Waals surface area contributed by atoms with Crippen molar-refractivity contribution in [2.45, 2.75) is 0 Å². The molecule has 0 saturated carbocycles. The summed E-state index contributed by atoms with van der Waals surface area (Å²) in [6.45, 7) is -2.37. The van der Waals surface area contributed by atoms with Gasteiger partial charge in [-0.25, -0.2) is 0 Å². The van der Waals surface area contributed by atoms with Gasteiger partial charge >= 0.3 is 37.3 Å². The minimum Gasteiger partial charge on any atom is -0.549 e. The van der Waals surface area contributed by atoms with Crippen molar-refractivity contribution in [3.05, 3.63) is 0 Å². The molecule has 83 valence electrons. The minimum absolute atomic E-state index is 0. The molecule has 0 saturated heterocycles. The van der Waals surface area contributed by atoms with Crippen LogP contribution in [0.4, 0.5) is 0 Å². The molecule has 0 bridgehead atoms. The number of carboxylic acid groups (broad SMARTS) is 3. The molecule has 0 aromatic carbocycles. The van der Waals surface area contributed by atoms with Crippen LogP contribution in [0.25, 0.3) is 0 Å². The Hall–Kier alpha value is -0.383. The summed E-state index contributed by atoms with van der Waals surface area (Å²) in [6, 6.07) is 0. The Balaban J connectivity index is 0. The van der Waals surface area contributed by atoms with Gasteiger partial charge < -0.3 is 29.7 Å². The first-order chi connectivity index (χ1) is 5.91. The molecule has 0 heterocycles. The second-order valence-corrected chi connectivity index (χ2v) is 2.26. The Kier molecular flexibility index (Phi) is 9.14. The molecule has 0 atom stereocenters. The molecule has 8 heteroatoms. The van der Waals surface area contributed by atoms with E-state index in [4.69, 9.17) is 0 Å². The number of aliphatic carboxylic acids is 3. The van der Waals surface area contributed by atoms with Gasteiger partial charge in [0.05, 0.1) is 17.9 Å². The molecule has 0 rings (SSSR count). The summed E-state index contributed by atoms with van der Waals surface area (Å²) >= 11 is 0. The fourth-order valence-corrected chi connectivity index (χ4v) is 0.715. The van der Waals surface area contributed by atoms with Gasteiger partial charge in [0, 0.05) is 19.6 Å². The van der Waals surface area contributed by atoms with Gasteiger partial charge in [-0.1, -0.05) is 0 Å². The van der Waals surface area contributed by atoms with Crippen molar-refractivity contribution in [3.63, 3.8) is 0 Å². The molecular weight excluding hydrogens is 349 g/mol. The Labute approximate surface area is 109 Å². The molecule has 0 unspecified atom stereocenters. The fourth-order valence-electron chi connectivity index (χ4n) is 0.715. The Morgan fingerprint density at radius 3 is 1.14 bits per heavy atom. The molecule has 1 radical (unpaired) electrons. The van der Waals surface area contributed by atoms with E-state index in [1.54, 1.807) is 0 Å². The third-order valence-electron chi connectivity index (χ3n) is 1.06. The summed E-state index contributed by atoms with van der Waals surface area (Å²) in [7, 11) is 0. The summed E-state index contributed by atoms with van der Waals surface area (Å²) in [5.74, 6) is -4.70. The first-order valence-corrected chi connectivity index (χ1v) is 3.23. The molecule has 0 aliphatic rings. The van der Waals surface area contributed by atoms with Crippen LogP contribution in [0.3, 0.4) is 0 Å². The molecule has 0 spiro atoms. The molecule has 0 aliphatic carbocycles. The first kappa shape index (κ1) is 16.1. The molecule has 0 amide bonds. The predicted octanol–water partition coefficient (Wildman–Crippen LogP) is -5.46. The van der Waals surface area contributed by atoms with E-state index >= 15 is 0 Å². The van der Waals surface area contributed by atoms with Crippen LogP contribution in [0.2, 0.25) is 0 Å². The van der Waals surface area contributed by atoms with E-state index in [-0.39, 0.29) is 37.3 Å². The van der Waals surface area contributed by atoms with E-state index in [0.29, 0.717) is 4.90 Å². The van der Waals surface area contributed by atoms with Crippen LogP contribution in [0.5, 0.6) is 0 Å². The van der Waals surface area contributed by atoms with Crippen molar-refractivity contribution in [2.75, 3.05) is 19.6 Å². The van der Waals surface area contributed by atoms with Crippen LogP contribution in [-0.2, 0) is 14.4 Å². The second-order valence-electron chi connectivity index (χ2n) is 2.26. The van der Waals surface area contributed by atoms with Gasteiger partial charge in [-0.3, -0.25) is 4.90 Å². The van der Waals surface area contributed by atoms with Crippen molar-refractivity contribution in [1.29, 1.82) is 0 Å². The Morgan fingerprint density at radius 1 is 0.786 bits per heavy atom.